The van der Waals surface area contributed by atoms with Gasteiger partial charge in [-0.3, -0.25) is 9.79 Å². The van der Waals surface area contributed by atoms with E-state index in [2.05, 4.69) is 10.3 Å². The van der Waals surface area contributed by atoms with Crippen LogP contribution in [0, 0.1) is 11.6 Å². The van der Waals surface area contributed by atoms with E-state index in [4.69, 9.17) is 14.8 Å². The van der Waals surface area contributed by atoms with Crippen LogP contribution in [0.3, 0.4) is 0 Å². The van der Waals surface area contributed by atoms with Crippen molar-refractivity contribution in [3.05, 3.63) is 77.9 Å². The number of benzene rings is 3. The molecule has 0 aliphatic rings. The van der Waals surface area contributed by atoms with Gasteiger partial charge in [-0.25, -0.2) is 13.8 Å². The Morgan fingerprint density at radius 3 is 2.65 bits per heavy atom. The molecule has 1 heterocycles. The number of aromatic nitrogens is 1. The molecule has 0 spiro atoms. The van der Waals surface area contributed by atoms with E-state index in [1.807, 2.05) is 19.1 Å². The van der Waals surface area contributed by atoms with Crippen LogP contribution in [0.4, 0.5) is 14.5 Å². The molecule has 0 aliphatic heterocycles. The molecule has 0 bridgehead atoms. The maximum atomic E-state index is 15.5. The van der Waals surface area contributed by atoms with E-state index >= 15 is 4.39 Å². The summed E-state index contributed by atoms with van der Waals surface area (Å²) in [4.78, 5) is 19.8. The van der Waals surface area contributed by atoms with E-state index in [-0.39, 0.29) is 6.42 Å². The quantitative estimate of drug-likeness (QED) is 0.189. The van der Waals surface area contributed by atoms with Gasteiger partial charge in [-0.1, -0.05) is 30.3 Å². The highest BCUT2D eigenvalue weighted by molar-refractivity contribution is 6.06. The number of hydrogen-bond donors (Lipinski definition) is 2. The number of aliphatic carboxylic acids is 1. The molecule has 4 aromatic rings. The fourth-order valence-electron chi connectivity index (χ4n) is 4.22. The largest absolute Gasteiger partial charge is 0.493 e. The molecule has 0 aliphatic carbocycles. The predicted molar refractivity (Wildman–Crippen MR) is 143 cm³/mol. The number of anilines is 1. The molecule has 2 N–H and O–H groups in total. The molecule has 37 heavy (non-hydrogen) atoms. The van der Waals surface area contributed by atoms with Crippen LogP contribution < -0.4 is 10.1 Å². The van der Waals surface area contributed by atoms with E-state index < -0.39 is 17.6 Å². The molecule has 0 amide bonds. The number of rotatable bonds is 10. The molecule has 0 saturated carbocycles. The third-order valence-corrected chi connectivity index (χ3v) is 5.83. The maximum absolute atomic E-state index is 15.5. The van der Waals surface area contributed by atoms with Crippen LogP contribution in [0.25, 0.3) is 33.3 Å². The Morgan fingerprint density at radius 2 is 1.92 bits per heavy atom. The smallest absolute Gasteiger partial charge is 0.303 e. The van der Waals surface area contributed by atoms with Gasteiger partial charge in [-0.2, -0.15) is 0 Å². The minimum atomic E-state index is -0.898. The highest BCUT2D eigenvalue weighted by Gasteiger charge is 2.18. The van der Waals surface area contributed by atoms with Crippen molar-refractivity contribution in [2.75, 3.05) is 25.5 Å². The van der Waals surface area contributed by atoms with Gasteiger partial charge in [0.25, 0.3) is 0 Å². The van der Waals surface area contributed by atoms with Gasteiger partial charge in [0.2, 0.25) is 0 Å². The number of ether oxygens (including phenoxy) is 1. The van der Waals surface area contributed by atoms with Crippen LogP contribution in [0.2, 0.25) is 0 Å². The molecule has 0 saturated heterocycles. The maximum Gasteiger partial charge on any atom is 0.303 e. The van der Waals surface area contributed by atoms with Crippen LogP contribution in [0.1, 0.15) is 25.3 Å². The van der Waals surface area contributed by atoms with Crippen LogP contribution in [0.5, 0.6) is 5.75 Å². The standard InChI is InChI=1S/C29H27F2N3O3/c1-3-37-26-8-5-4-7-21(26)20-12-10-18(15-24(20)31)28-23(17-32-2)29(33-14-6-9-27(35)36)22-16-19(30)11-13-25(22)34-28/h4-5,7-8,10-13,15-17H,3,6,9,14H2,1-2H3,(H,33,34)(H,35,36). The van der Waals surface area contributed by atoms with Gasteiger partial charge in [-0.15, -0.1) is 0 Å². The minimum Gasteiger partial charge on any atom is -0.493 e. The first kappa shape index (κ1) is 25.8. The lowest BCUT2D eigenvalue weighted by molar-refractivity contribution is -0.137. The van der Waals surface area contributed by atoms with Crippen molar-refractivity contribution in [3.63, 3.8) is 0 Å². The fraction of sp³-hybridized carbons (Fsp3) is 0.207. The Morgan fingerprint density at radius 1 is 1.11 bits per heavy atom. The summed E-state index contributed by atoms with van der Waals surface area (Å²) in [5.74, 6) is -1.18. The summed E-state index contributed by atoms with van der Waals surface area (Å²) in [6.07, 6.45) is 1.95. The average Bonchev–Trinajstić information content (AvgIpc) is 2.88. The molecule has 190 valence electrons. The molecule has 0 atom stereocenters. The minimum absolute atomic E-state index is 0.00960. The number of para-hydroxylation sites is 1. The van der Waals surface area contributed by atoms with Gasteiger partial charge in [0.1, 0.15) is 17.4 Å². The topological polar surface area (TPSA) is 83.8 Å². The zero-order valence-electron chi connectivity index (χ0n) is 20.6. The van der Waals surface area contributed by atoms with Crippen molar-refractivity contribution in [2.24, 2.45) is 4.99 Å². The lowest BCUT2D eigenvalue weighted by Crippen LogP contribution is -2.09. The number of fused-ring (bicyclic) bond motifs is 1. The van der Waals surface area contributed by atoms with E-state index in [9.17, 15) is 9.18 Å². The Hall–Kier alpha value is -4.33. The lowest BCUT2D eigenvalue weighted by Gasteiger charge is -2.17. The van der Waals surface area contributed by atoms with Gasteiger partial charge in [-0.05, 0) is 43.7 Å². The normalized spacial score (nSPS) is 11.2. The summed E-state index contributed by atoms with van der Waals surface area (Å²) in [5, 5.41) is 12.7. The van der Waals surface area contributed by atoms with Crippen LogP contribution in [0.15, 0.2) is 65.7 Å². The number of halogens is 2. The predicted octanol–water partition coefficient (Wildman–Crippen LogP) is 6.57. The van der Waals surface area contributed by atoms with Gasteiger partial charge in [0.05, 0.1) is 23.5 Å². The van der Waals surface area contributed by atoms with Crippen molar-refractivity contribution in [3.8, 4) is 28.1 Å². The molecule has 1 aromatic heterocycles. The second-order valence-electron chi connectivity index (χ2n) is 8.35. The molecule has 8 heteroatoms. The van der Waals surface area contributed by atoms with Crippen molar-refractivity contribution in [1.82, 2.24) is 4.98 Å². The van der Waals surface area contributed by atoms with Crippen molar-refractivity contribution in [1.29, 1.82) is 0 Å². The van der Waals surface area contributed by atoms with Gasteiger partial charge in [0.15, 0.2) is 0 Å². The van der Waals surface area contributed by atoms with Gasteiger partial charge < -0.3 is 15.2 Å². The number of nitrogens with zero attached hydrogens (tertiary/aromatic N) is 2. The number of carboxylic acid groups (broad SMARTS) is 1. The Kier molecular flexibility index (Phi) is 8.08. The Balaban J connectivity index is 1.84. The first-order valence-electron chi connectivity index (χ1n) is 12.0. The molecular weight excluding hydrogens is 476 g/mol. The van der Waals surface area contributed by atoms with Crippen LogP contribution in [-0.4, -0.2) is 42.5 Å². The SMILES string of the molecule is CCOc1ccccc1-c1ccc(-c2nc3ccc(F)cc3c(NCCCC(=O)O)c2C=NC)cc1F. The first-order chi connectivity index (χ1) is 17.9. The average molecular weight is 504 g/mol. The van der Waals surface area contributed by atoms with Crippen LogP contribution >= 0.6 is 0 Å². The third kappa shape index (κ3) is 5.74. The van der Waals surface area contributed by atoms with Crippen molar-refractivity contribution >= 4 is 28.8 Å². The second kappa shape index (κ2) is 11.6. The zero-order chi connectivity index (χ0) is 26.4. The Bertz CT molecular complexity index is 1470. The number of nitrogens with one attached hydrogen (secondary N) is 1. The molecule has 0 fully saturated rings. The molecule has 0 unspecified atom stereocenters. The van der Waals surface area contributed by atoms with Crippen molar-refractivity contribution in [2.45, 2.75) is 19.8 Å². The fourth-order valence-corrected chi connectivity index (χ4v) is 4.22. The number of carbonyl (C=O) groups is 1. The first-order valence-corrected chi connectivity index (χ1v) is 12.0. The summed E-state index contributed by atoms with van der Waals surface area (Å²) in [7, 11) is 1.60. The van der Waals surface area contributed by atoms with E-state index in [0.29, 0.717) is 69.9 Å². The zero-order valence-corrected chi connectivity index (χ0v) is 20.6. The second-order valence-corrected chi connectivity index (χ2v) is 8.35. The summed E-state index contributed by atoms with van der Waals surface area (Å²) in [6.45, 7) is 2.67. The van der Waals surface area contributed by atoms with Gasteiger partial charge >= 0.3 is 5.97 Å². The summed E-state index contributed by atoms with van der Waals surface area (Å²) < 4.78 is 35.4. The van der Waals surface area contributed by atoms with Crippen molar-refractivity contribution < 1.29 is 23.4 Å². The Labute approximate surface area is 213 Å². The number of pyridine rings is 1. The molecule has 0 radical (unpaired) electrons. The van der Waals surface area contributed by atoms with E-state index in [1.165, 1.54) is 18.2 Å². The highest BCUT2D eigenvalue weighted by Crippen LogP contribution is 2.37. The molecular formula is C29H27F2N3O3. The summed E-state index contributed by atoms with van der Waals surface area (Å²) in [5.41, 5.74) is 3.65. The molecule has 6 nitrogen and oxygen atoms in total. The third-order valence-electron chi connectivity index (χ3n) is 5.83. The summed E-state index contributed by atoms with van der Waals surface area (Å²) in [6, 6.07) is 16.4. The number of hydrogen-bond acceptors (Lipinski definition) is 5. The number of carboxylic acids is 1. The molecule has 4 rings (SSSR count). The van der Waals surface area contributed by atoms with Gasteiger partial charge in [0, 0.05) is 53.9 Å². The molecule has 3 aromatic carbocycles. The van der Waals surface area contributed by atoms with E-state index in [1.54, 1.807) is 43.6 Å². The van der Waals surface area contributed by atoms with E-state index in [0.717, 1.165) is 0 Å². The monoisotopic (exact) mass is 503 g/mol. The van der Waals surface area contributed by atoms with Crippen LogP contribution in [-0.2, 0) is 4.79 Å². The highest BCUT2D eigenvalue weighted by atomic mass is 19.1. The lowest BCUT2D eigenvalue weighted by atomic mass is 9.97. The summed E-state index contributed by atoms with van der Waals surface area (Å²) >= 11 is 0. The number of aliphatic imine (C=N–C) groups is 1.